The molecule has 3 rings (SSSR count). The molecule has 9 heteroatoms. The maximum absolute atomic E-state index is 14.0. The number of carbonyl (C=O) groups excluding carboxylic acids is 2. The van der Waals surface area contributed by atoms with Crippen LogP contribution in [-0.4, -0.2) is 50.5 Å². The lowest BCUT2D eigenvalue weighted by atomic mass is 10.0. The molecular formula is C29H34ClN3O4S. The Hall–Kier alpha value is -3.36. The molecule has 0 aliphatic carbocycles. The second-order valence-electron chi connectivity index (χ2n) is 9.17. The van der Waals surface area contributed by atoms with Crippen molar-refractivity contribution in [3.05, 3.63) is 101 Å². The fraction of sp³-hybridized carbons (Fsp3) is 0.310. The van der Waals surface area contributed by atoms with Crippen molar-refractivity contribution in [2.45, 2.75) is 39.3 Å². The first kappa shape index (κ1) is 29.2. The Labute approximate surface area is 230 Å². The zero-order chi connectivity index (χ0) is 27.7. The van der Waals surface area contributed by atoms with Crippen molar-refractivity contribution in [2.75, 3.05) is 23.7 Å². The number of sulfonamides is 1. The third-order valence-electron chi connectivity index (χ3n) is 6.18. The van der Waals surface area contributed by atoms with Crippen LogP contribution >= 0.6 is 11.6 Å². The van der Waals surface area contributed by atoms with Gasteiger partial charge in [-0.05, 0) is 42.2 Å². The summed E-state index contributed by atoms with van der Waals surface area (Å²) in [6, 6.07) is 22.6. The summed E-state index contributed by atoms with van der Waals surface area (Å²) in [5.74, 6) is -0.816. The van der Waals surface area contributed by atoms with Crippen molar-refractivity contribution < 1.29 is 18.0 Å². The minimum Gasteiger partial charge on any atom is -0.354 e. The van der Waals surface area contributed by atoms with E-state index in [1.165, 1.54) is 4.90 Å². The molecule has 1 unspecified atom stereocenters. The van der Waals surface area contributed by atoms with E-state index in [2.05, 4.69) is 5.32 Å². The van der Waals surface area contributed by atoms with Crippen LogP contribution in [0.15, 0.2) is 78.9 Å². The van der Waals surface area contributed by atoms with Gasteiger partial charge in [0.15, 0.2) is 0 Å². The van der Waals surface area contributed by atoms with E-state index < -0.39 is 28.5 Å². The highest BCUT2D eigenvalue weighted by molar-refractivity contribution is 7.92. The molecule has 3 aromatic rings. The van der Waals surface area contributed by atoms with Crippen LogP contribution in [0.1, 0.15) is 30.0 Å². The smallest absolute Gasteiger partial charge is 0.244 e. The van der Waals surface area contributed by atoms with E-state index in [0.29, 0.717) is 28.4 Å². The van der Waals surface area contributed by atoms with Gasteiger partial charge >= 0.3 is 0 Å². The maximum atomic E-state index is 14.0. The van der Waals surface area contributed by atoms with E-state index in [4.69, 9.17) is 11.6 Å². The fourth-order valence-corrected chi connectivity index (χ4v) is 5.27. The third kappa shape index (κ3) is 7.82. The zero-order valence-electron chi connectivity index (χ0n) is 21.9. The van der Waals surface area contributed by atoms with Crippen LogP contribution in [0.5, 0.6) is 0 Å². The molecule has 0 fully saturated rings. The lowest BCUT2D eigenvalue weighted by molar-refractivity contribution is -0.140. The minimum atomic E-state index is -3.81. The normalized spacial score (nSPS) is 12.0. The second kappa shape index (κ2) is 13.4. The molecule has 1 atom stereocenters. The van der Waals surface area contributed by atoms with Crippen LogP contribution < -0.4 is 9.62 Å². The van der Waals surface area contributed by atoms with Gasteiger partial charge in [-0.25, -0.2) is 8.42 Å². The minimum absolute atomic E-state index is 0.0426. The summed E-state index contributed by atoms with van der Waals surface area (Å²) >= 11 is 6.45. The molecule has 0 aromatic heterocycles. The van der Waals surface area contributed by atoms with Crippen LogP contribution in [0, 0.1) is 6.92 Å². The number of amides is 2. The second-order valence-corrected chi connectivity index (χ2v) is 11.5. The molecule has 0 radical (unpaired) electrons. The van der Waals surface area contributed by atoms with Crippen molar-refractivity contribution >= 4 is 39.1 Å². The van der Waals surface area contributed by atoms with Crippen LogP contribution in [0.25, 0.3) is 0 Å². The standard InChI is InChI=1S/C29H34ClN3O4S/c1-4-18-31-29(35)27(19-23-13-6-5-7-14-23)32(20-24-15-9-10-16-25(24)30)28(34)21-33(38(3,36)37)26-17-11-8-12-22(26)2/h5-17,27H,4,18-21H2,1-3H3,(H,31,35). The van der Waals surface area contributed by atoms with Crippen LogP contribution in [0.3, 0.4) is 0 Å². The molecule has 3 aromatic carbocycles. The van der Waals surface area contributed by atoms with Gasteiger partial charge in [0.05, 0.1) is 11.9 Å². The zero-order valence-corrected chi connectivity index (χ0v) is 23.5. The van der Waals surface area contributed by atoms with Crippen molar-refractivity contribution in [1.82, 2.24) is 10.2 Å². The number of nitrogens with zero attached hydrogens (tertiary/aromatic N) is 2. The SMILES string of the molecule is CCCNC(=O)C(Cc1ccccc1)N(Cc1ccccc1Cl)C(=O)CN(c1ccccc1C)S(C)(=O)=O. The predicted octanol–water partition coefficient (Wildman–Crippen LogP) is 4.58. The van der Waals surface area contributed by atoms with E-state index in [9.17, 15) is 18.0 Å². The molecule has 1 N–H and O–H groups in total. The number of aryl methyl sites for hydroxylation is 1. The highest BCUT2D eigenvalue weighted by Crippen LogP contribution is 2.24. The first-order valence-corrected chi connectivity index (χ1v) is 14.7. The lowest BCUT2D eigenvalue weighted by Crippen LogP contribution is -2.53. The van der Waals surface area contributed by atoms with Gasteiger partial charge in [-0.3, -0.25) is 13.9 Å². The van der Waals surface area contributed by atoms with Crippen LogP contribution in [-0.2, 0) is 32.6 Å². The van der Waals surface area contributed by atoms with Gasteiger partial charge < -0.3 is 10.2 Å². The number of nitrogens with one attached hydrogen (secondary N) is 1. The average Bonchev–Trinajstić information content (AvgIpc) is 2.89. The molecule has 0 aliphatic rings. The molecule has 0 saturated heterocycles. The average molecular weight is 556 g/mol. The monoisotopic (exact) mass is 555 g/mol. The topological polar surface area (TPSA) is 86.8 Å². The van der Waals surface area contributed by atoms with Crippen LogP contribution in [0.2, 0.25) is 5.02 Å². The van der Waals surface area contributed by atoms with E-state index in [-0.39, 0.29) is 18.9 Å². The highest BCUT2D eigenvalue weighted by Gasteiger charge is 2.33. The number of halogens is 1. The number of hydrogen-bond donors (Lipinski definition) is 1. The van der Waals surface area contributed by atoms with Crippen LogP contribution in [0.4, 0.5) is 5.69 Å². The predicted molar refractivity (Wildman–Crippen MR) is 153 cm³/mol. The summed E-state index contributed by atoms with van der Waals surface area (Å²) in [7, 11) is -3.81. The Kier molecular flexibility index (Phi) is 10.3. The first-order chi connectivity index (χ1) is 18.1. The molecule has 38 heavy (non-hydrogen) atoms. The lowest BCUT2D eigenvalue weighted by Gasteiger charge is -2.34. The molecule has 2 amide bonds. The van der Waals surface area contributed by atoms with E-state index in [1.807, 2.05) is 43.3 Å². The van der Waals surface area contributed by atoms with Gasteiger partial charge in [-0.1, -0.05) is 85.3 Å². The third-order valence-corrected chi connectivity index (χ3v) is 7.68. The Morgan fingerprint density at radius 2 is 1.58 bits per heavy atom. The molecule has 7 nitrogen and oxygen atoms in total. The van der Waals surface area contributed by atoms with E-state index >= 15 is 0 Å². The molecule has 0 heterocycles. The van der Waals surface area contributed by atoms with E-state index in [1.54, 1.807) is 49.4 Å². The molecule has 0 saturated carbocycles. The summed E-state index contributed by atoms with van der Waals surface area (Å²) in [6.07, 6.45) is 2.06. The molecule has 0 spiro atoms. The van der Waals surface area contributed by atoms with Gasteiger partial charge in [0.1, 0.15) is 12.6 Å². The van der Waals surface area contributed by atoms with Gasteiger partial charge in [0, 0.05) is 24.5 Å². The maximum Gasteiger partial charge on any atom is 0.244 e. The largest absolute Gasteiger partial charge is 0.354 e. The molecule has 202 valence electrons. The quantitative estimate of drug-likeness (QED) is 0.354. The summed E-state index contributed by atoms with van der Waals surface area (Å²) in [4.78, 5) is 28.9. The van der Waals surface area contributed by atoms with Crippen molar-refractivity contribution in [2.24, 2.45) is 0 Å². The number of hydrogen-bond acceptors (Lipinski definition) is 4. The summed E-state index contributed by atoms with van der Waals surface area (Å²) in [5.41, 5.74) is 2.66. The van der Waals surface area contributed by atoms with Gasteiger partial charge in [0.2, 0.25) is 21.8 Å². The Morgan fingerprint density at radius 1 is 0.947 bits per heavy atom. The highest BCUT2D eigenvalue weighted by atomic mass is 35.5. The summed E-state index contributed by atoms with van der Waals surface area (Å²) in [5, 5.41) is 3.37. The van der Waals surface area contributed by atoms with Gasteiger partial charge in [-0.15, -0.1) is 0 Å². The number of para-hydroxylation sites is 1. The number of carbonyl (C=O) groups is 2. The number of anilines is 1. The molecule has 0 aliphatic heterocycles. The molecular weight excluding hydrogens is 522 g/mol. The van der Waals surface area contributed by atoms with Crippen molar-refractivity contribution in [3.8, 4) is 0 Å². The fourth-order valence-electron chi connectivity index (χ4n) is 4.17. The van der Waals surface area contributed by atoms with Crippen molar-refractivity contribution in [3.63, 3.8) is 0 Å². The van der Waals surface area contributed by atoms with Gasteiger partial charge in [0.25, 0.3) is 0 Å². The molecule has 0 bridgehead atoms. The first-order valence-electron chi connectivity index (χ1n) is 12.5. The number of rotatable bonds is 12. The Bertz CT molecular complexity index is 1350. The summed E-state index contributed by atoms with van der Waals surface area (Å²) in [6.45, 7) is 3.78. The van der Waals surface area contributed by atoms with Crippen molar-refractivity contribution in [1.29, 1.82) is 0 Å². The Balaban J connectivity index is 2.06. The van der Waals surface area contributed by atoms with E-state index in [0.717, 1.165) is 22.5 Å². The number of benzene rings is 3. The van der Waals surface area contributed by atoms with Gasteiger partial charge in [-0.2, -0.15) is 0 Å². The Morgan fingerprint density at radius 3 is 2.21 bits per heavy atom. The summed E-state index contributed by atoms with van der Waals surface area (Å²) < 4.78 is 26.8.